The molecule has 6 heteroatoms. The third-order valence-corrected chi connectivity index (χ3v) is 8.96. The van der Waals surface area contributed by atoms with Gasteiger partial charge in [0.25, 0.3) is 0 Å². The van der Waals surface area contributed by atoms with E-state index in [-0.39, 0.29) is 22.9 Å². The summed E-state index contributed by atoms with van der Waals surface area (Å²) in [4.78, 5) is 0. The van der Waals surface area contributed by atoms with Crippen molar-refractivity contribution in [2.45, 2.75) is 0 Å². The Kier molecular flexibility index (Phi) is 8.92. The van der Waals surface area contributed by atoms with E-state index in [4.69, 9.17) is 20.9 Å². The van der Waals surface area contributed by atoms with Crippen LogP contribution < -0.4 is 20.9 Å². The molecular formula is C48H32N2O4. The maximum atomic E-state index is 10.6. The van der Waals surface area contributed by atoms with Crippen LogP contribution >= 0.6 is 0 Å². The molecule has 0 atom stereocenters. The molecule has 8 aromatic carbocycles. The molecule has 0 saturated heterocycles. The fourth-order valence-corrected chi connectivity index (χ4v) is 6.33. The number of fused-ring (bicyclic) bond motifs is 2. The van der Waals surface area contributed by atoms with Gasteiger partial charge in [0.05, 0.1) is 11.4 Å². The van der Waals surface area contributed by atoms with E-state index in [9.17, 15) is 10.2 Å². The second-order valence-electron chi connectivity index (χ2n) is 12.6. The largest absolute Gasteiger partial charge is 0.506 e. The van der Waals surface area contributed by atoms with Crippen LogP contribution in [0.5, 0.6) is 34.5 Å². The maximum Gasteiger partial charge on any atom is 0.142 e. The lowest BCUT2D eigenvalue weighted by Crippen LogP contribution is -1.98. The van der Waals surface area contributed by atoms with Crippen molar-refractivity contribution in [2.75, 3.05) is 11.5 Å². The van der Waals surface area contributed by atoms with Crippen LogP contribution in [-0.2, 0) is 0 Å². The van der Waals surface area contributed by atoms with Gasteiger partial charge in [-0.3, -0.25) is 0 Å². The van der Waals surface area contributed by atoms with Crippen molar-refractivity contribution in [2.24, 2.45) is 0 Å². The normalized spacial score (nSPS) is 10.6. The van der Waals surface area contributed by atoms with Gasteiger partial charge in [-0.2, -0.15) is 0 Å². The summed E-state index contributed by atoms with van der Waals surface area (Å²) in [5.41, 5.74) is 17.1. The molecular weight excluding hydrogens is 669 g/mol. The van der Waals surface area contributed by atoms with Crippen LogP contribution in [0.25, 0.3) is 32.7 Å². The van der Waals surface area contributed by atoms with E-state index in [0.29, 0.717) is 23.0 Å². The lowest BCUT2D eigenvalue weighted by molar-refractivity contribution is 0.454. The molecule has 0 saturated carbocycles. The highest BCUT2D eigenvalue weighted by Crippen LogP contribution is 2.49. The van der Waals surface area contributed by atoms with Gasteiger partial charge in [-0.25, -0.2) is 0 Å². The monoisotopic (exact) mass is 700 g/mol. The summed E-state index contributed by atoms with van der Waals surface area (Å²) in [6.07, 6.45) is 0. The number of anilines is 2. The van der Waals surface area contributed by atoms with Crippen LogP contribution in [0.3, 0.4) is 0 Å². The minimum Gasteiger partial charge on any atom is -0.506 e. The summed E-state index contributed by atoms with van der Waals surface area (Å²) in [5, 5.41) is 24.6. The first-order chi connectivity index (χ1) is 26.4. The molecule has 0 aliphatic heterocycles. The van der Waals surface area contributed by atoms with Gasteiger partial charge in [0.1, 0.15) is 34.5 Å². The van der Waals surface area contributed by atoms with Gasteiger partial charge in [-0.1, -0.05) is 109 Å². The van der Waals surface area contributed by atoms with Gasteiger partial charge in [-0.15, -0.1) is 0 Å². The molecule has 0 bridgehead atoms. The number of phenols is 2. The highest BCUT2D eigenvalue weighted by atomic mass is 16.5. The van der Waals surface area contributed by atoms with Crippen molar-refractivity contribution in [3.05, 3.63) is 180 Å². The third-order valence-electron chi connectivity index (χ3n) is 8.96. The molecule has 0 radical (unpaired) electrons. The number of ether oxygens (including phenoxy) is 2. The zero-order valence-electron chi connectivity index (χ0n) is 28.9. The predicted octanol–water partition coefficient (Wildman–Crippen LogP) is 10.6. The number of nitrogen functional groups attached to an aromatic ring is 2. The summed E-state index contributed by atoms with van der Waals surface area (Å²) in [7, 11) is 0. The highest BCUT2D eigenvalue weighted by molar-refractivity contribution is 6.12. The number of benzene rings is 8. The molecule has 0 fully saturated rings. The first-order valence-electron chi connectivity index (χ1n) is 17.2. The second kappa shape index (κ2) is 14.4. The standard InChI is InChI=1S/C48H32N2O4/c49-41-25-23-35(29-43(41)51)53-45-27-33(21-19-31-11-3-1-4-12-31)37-15-7-9-17-39(37)47(45)48-40-18-10-8-16-38(40)34(22-20-32-13-5-2-6-14-32)28-46(48)54-36-24-26-42(50)44(52)30-36/h1-18,23-30,51-52H,49-50H2. The van der Waals surface area contributed by atoms with Crippen molar-refractivity contribution in [1.82, 2.24) is 0 Å². The number of nitrogens with two attached hydrogens (primary N) is 2. The van der Waals surface area contributed by atoms with Crippen molar-refractivity contribution in [3.63, 3.8) is 0 Å². The zero-order chi connectivity index (χ0) is 37.0. The summed E-state index contributed by atoms with van der Waals surface area (Å²) < 4.78 is 13.4. The minimum absolute atomic E-state index is 0.0992. The fourth-order valence-electron chi connectivity index (χ4n) is 6.33. The van der Waals surface area contributed by atoms with Crippen molar-refractivity contribution in [1.29, 1.82) is 0 Å². The average Bonchev–Trinajstić information content (AvgIpc) is 3.20. The van der Waals surface area contributed by atoms with Crippen molar-refractivity contribution >= 4 is 32.9 Å². The minimum atomic E-state index is -0.0992. The quantitative estimate of drug-likeness (QED) is 0.0808. The summed E-state index contributed by atoms with van der Waals surface area (Å²) in [6.45, 7) is 0. The number of phenolic OH excluding ortho intramolecular Hbond substituents is 2. The Hall–Kier alpha value is -7.80. The molecule has 6 nitrogen and oxygen atoms in total. The van der Waals surface area contributed by atoms with Gasteiger partial charge < -0.3 is 31.2 Å². The smallest absolute Gasteiger partial charge is 0.142 e. The van der Waals surface area contributed by atoms with Crippen LogP contribution in [0.15, 0.2) is 158 Å². The molecule has 258 valence electrons. The lowest BCUT2D eigenvalue weighted by Gasteiger charge is -2.21. The number of aromatic hydroxyl groups is 2. The molecule has 0 heterocycles. The van der Waals surface area contributed by atoms with Gasteiger partial charge in [0.15, 0.2) is 0 Å². The molecule has 8 aromatic rings. The average molecular weight is 701 g/mol. The van der Waals surface area contributed by atoms with Crippen LogP contribution in [0.4, 0.5) is 11.4 Å². The third kappa shape index (κ3) is 6.79. The molecule has 0 aromatic heterocycles. The number of hydrogen-bond donors (Lipinski definition) is 4. The molecule has 54 heavy (non-hydrogen) atoms. The first-order valence-corrected chi connectivity index (χ1v) is 17.2. The van der Waals surface area contributed by atoms with E-state index in [0.717, 1.165) is 54.9 Å². The Bertz CT molecular complexity index is 2630. The van der Waals surface area contributed by atoms with Crippen LogP contribution in [0, 0.1) is 23.7 Å². The van der Waals surface area contributed by atoms with Crippen LogP contribution in [0.1, 0.15) is 22.3 Å². The Labute approximate surface area is 312 Å². The molecule has 0 amide bonds. The zero-order valence-corrected chi connectivity index (χ0v) is 28.9. The van der Waals surface area contributed by atoms with E-state index < -0.39 is 0 Å². The van der Waals surface area contributed by atoms with E-state index in [2.05, 4.69) is 23.7 Å². The lowest BCUT2D eigenvalue weighted by atomic mass is 9.88. The van der Waals surface area contributed by atoms with E-state index in [1.165, 1.54) is 12.1 Å². The SMILES string of the molecule is Nc1ccc(Oc2cc(C#Cc3ccccc3)c3ccccc3c2-c2c(Oc3ccc(N)c(O)c3)cc(C#Cc3ccccc3)c3ccccc23)cc1O. The maximum absolute atomic E-state index is 10.6. The Morgan fingerprint density at radius 1 is 0.389 bits per heavy atom. The van der Waals surface area contributed by atoms with Crippen LogP contribution in [0.2, 0.25) is 0 Å². The summed E-state index contributed by atoms with van der Waals surface area (Å²) in [5.74, 6) is 14.9. The summed E-state index contributed by atoms with van der Waals surface area (Å²) in [6, 6.07) is 49.0. The number of rotatable bonds is 5. The molecule has 6 N–H and O–H groups in total. The summed E-state index contributed by atoms with van der Waals surface area (Å²) >= 11 is 0. The highest BCUT2D eigenvalue weighted by Gasteiger charge is 2.23. The van der Waals surface area contributed by atoms with E-state index >= 15 is 0 Å². The first kappa shape index (κ1) is 33.3. The Balaban J connectivity index is 1.44. The molecule has 0 spiro atoms. The molecule has 8 rings (SSSR count). The van der Waals surface area contributed by atoms with Gasteiger partial charge >= 0.3 is 0 Å². The van der Waals surface area contributed by atoms with E-state index in [1.807, 2.05) is 121 Å². The topological polar surface area (TPSA) is 111 Å². The fraction of sp³-hybridized carbons (Fsp3) is 0. The van der Waals surface area contributed by atoms with Crippen molar-refractivity contribution in [3.8, 4) is 69.3 Å². The van der Waals surface area contributed by atoms with Crippen molar-refractivity contribution < 1.29 is 19.7 Å². The Morgan fingerprint density at radius 2 is 0.759 bits per heavy atom. The number of hydrogen-bond acceptors (Lipinski definition) is 6. The second-order valence-corrected chi connectivity index (χ2v) is 12.6. The predicted molar refractivity (Wildman–Crippen MR) is 217 cm³/mol. The van der Waals surface area contributed by atoms with Crippen LogP contribution in [-0.4, -0.2) is 10.2 Å². The van der Waals surface area contributed by atoms with Gasteiger partial charge in [0, 0.05) is 45.5 Å². The van der Waals surface area contributed by atoms with E-state index in [1.54, 1.807) is 24.3 Å². The Morgan fingerprint density at radius 3 is 1.15 bits per heavy atom. The van der Waals surface area contributed by atoms with Gasteiger partial charge in [-0.05, 0) is 82.2 Å². The molecule has 0 unspecified atom stereocenters. The molecule has 0 aliphatic carbocycles. The van der Waals surface area contributed by atoms with Gasteiger partial charge in [0.2, 0.25) is 0 Å². The molecule has 0 aliphatic rings.